The summed E-state index contributed by atoms with van der Waals surface area (Å²) < 4.78 is 12.0. The van der Waals surface area contributed by atoms with E-state index in [1.54, 1.807) is 13.8 Å². The number of ether oxygens (including phenoxy) is 2. The van der Waals surface area contributed by atoms with Crippen LogP contribution in [0.4, 0.5) is 0 Å². The van der Waals surface area contributed by atoms with Crippen molar-refractivity contribution < 1.29 is 39.2 Å². The number of amides is 1. The van der Waals surface area contributed by atoms with Crippen molar-refractivity contribution in [2.75, 3.05) is 13.2 Å². The normalized spacial score (nSPS) is 27.9. The third-order valence-corrected chi connectivity index (χ3v) is 5.40. The lowest BCUT2D eigenvalue weighted by atomic mass is 9.88. The van der Waals surface area contributed by atoms with E-state index in [-0.39, 0.29) is 19.4 Å². The van der Waals surface area contributed by atoms with Gasteiger partial charge < -0.3 is 30.1 Å². The van der Waals surface area contributed by atoms with Gasteiger partial charge in [0.2, 0.25) is 5.91 Å². The fourth-order valence-corrected chi connectivity index (χ4v) is 3.58. The van der Waals surface area contributed by atoms with E-state index >= 15 is 0 Å². The van der Waals surface area contributed by atoms with Crippen molar-refractivity contribution in [3.63, 3.8) is 0 Å². The minimum Gasteiger partial charge on any atom is -0.464 e. The van der Waals surface area contributed by atoms with Crippen molar-refractivity contribution in [1.29, 1.82) is 0 Å². The van der Waals surface area contributed by atoms with E-state index in [2.05, 4.69) is 15.6 Å². The molecule has 12 nitrogen and oxygen atoms in total. The summed E-state index contributed by atoms with van der Waals surface area (Å²) >= 11 is 0. The highest BCUT2D eigenvalue weighted by molar-refractivity contribution is 6.09. The zero-order valence-corrected chi connectivity index (χ0v) is 18.0. The van der Waals surface area contributed by atoms with Gasteiger partial charge >= 0.3 is 5.97 Å². The van der Waals surface area contributed by atoms with E-state index in [1.807, 2.05) is 0 Å². The average molecular weight is 442 g/mol. The van der Waals surface area contributed by atoms with E-state index in [0.29, 0.717) is 5.69 Å². The topological polar surface area (TPSA) is 173 Å². The Bertz CT molecular complexity index is 798. The van der Waals surface area contributed by atoms with Crippen molar-refractivity contribution in [3.8, 4) is 0 Å². The summed E-state index contributed by atoms with van der Waals surface area (Å²) in [7, 11) is 0. The third-order valence-electron chi connectivity index (χ3n) is 5.40. The number of nitrogens with zero attached hydrogens (tertiary/aromatic N) is 3. The van der Waals surface area contributed by atoms with Crippen LogP contribution in [0.25, 0.3) is 0 Å². The fraction of sp³-hybridized carbons (Fsp3) is 0.737. The number of ketones is 1. The van der Waals surface area contributed by atoms with Gasteiger partial charge in [0.15, 0.2) is 17.6 Å². The summed E-state index contributed by atoms with van der Waals surface area (Å²) in [6.45, 7) is 5.21. The highest BCUT2D eigenvalue weighted by Gasteiger charge is 2.46. The molecule has 1 aromatic heterocycles. The molecule has 0 spiro atoms. The quantitative estimate of drug-likeness (QED) is 0.260. The summed E-state index contributed by atoms with van der Waals surface area (Å²) in [5.41, 5.74) is -1.44. The molecule has 6 atom stereocenters. The molecule has 1 aliphatic heterocycles. The van der Waals surface area contributed by atoms with Gasteiger partial charge in [-0.25, -0.2) is 9.48 Å². The maximum Gasteiger partial charge on any atom is 0.339 e. The number of hydrogen-bond donors (Lipinski definition) is 4. The molecular formula is C19H30N4O8. The number of aryl methyl sites for hydroxylation is 1. The summed E-state index contributed by atoms with van der Waals surface area (Å²) in [6, 6.07) is 0. The molecular weight excluding hydrogens is 412 g/mol. The monoisotopic (exact) mass is 442 g/mol. The fourth-order valence-electron chi connectivity index (χ4n) is 3.58. The van der Waals surface area contributed by atoms with Gasteiger partial charge in [0.25, 0.3) is 0 Å². The standard InChI is InChI=1S/C19H30N4O8/c1-5-30-18(29)19(11(3)25,20-12(4)26)7-6-13-8-23(22-21-13)17-10(2)15(27)16(28)14(9-24)31-17/h8,10,14-17,24,27-28H,5-7,9H2,1-4H3,(H,20,26)/t10?,14?,15-,16-,17-,19?/m1/s1. The van der Waals surface area contributed by atoms with Gasteiger partial charge in [-0.1, -0.05) is 12.1 Å². The molecule has 0 aliphatic carbocycles. The first kappa shape index (κ1) is 24.9. The summed E-state index contributed by atoms with van der Waals surface area (Å²) in [6.07, 6.45) is -2.64. The zero-order chi connectivity index (χ0) is 23.3. The van der Waals surface area contributed by atoms with Gasteiger partial charge in [-0.2, -0.15) is 0 Å². The Balaban J connectivity index is 2.21. The maximum absolute atomic E-state index is 12.5. The van der Waals surface area contributed by atoms with Crippen LogP contribution < -0.4 is 5.32 Å². The van der Waals surface area contributed by atoms with Crippen molar-refractivity contribution in [3.05, 3.63) is 11.9 Å². The summed E-state index contributed by atoms with van der Waals surface area (Å²) in [5, 5.41) is 40.0. The second-order valence-corrected chi connectivity index (χ2v) is 7.64. The van der Waals surface area contributed by atoms with Crippen LogP contribution in [0, 0.1) is 5.92 Å². The van der Waals surface area contributed by atoms with Crippen LogP contribution in [0.5, 0.6) is 0 Å². The molecule has 4 N–H and O–H groups in total. The molecule has 1 aromatic rings. The predicted octanol–water partition coefficient (Wildman–Crippen LogP) is -1.51. The van der Waals surface area contributed by atoms with Crippen LogP contribution in [0.15, 0.2) is 6.20 Å². The van der Waals surface area contributed by atoms with Crippen LogP contribution in [0.3, 0.4) is 0 Å². The van der Waals surface area contributed by atoms with E-state index in [0.717, 1.165) is 0 Å². The minimum atomic E-state index is -1.84. The van der Waals surface area contributed by atoms with Crippen molar-refractivity contribution in [2.45, 2.75) is 70.6 Å². The molecule has 0 aromatic carbocycles. The lowest BCUT2D eigenvalue weighted by Crippen LogP contribution is -2.60. The number of aliphatic hydroxyl groups is 3. The van der Waals surface area contributed by atoms with Gasteiger partial charge in [-0.15, -0.1) is 5.10 Å². The van der Waals surface area contributed by atoms with E-state index in [4.69, 9.17) is 9.47 Å². The number of esters is 1. The average Bonchev–Trinajstić information content (AvgIpc) is 3.18. The Morgan fingerprint density at radius 2 is 1.97 bits per heavy atom. The Hall–Kier alpha value is -2.41. The number of nitrogens with one attached hydrogen (secondary N) is 1. The number of hydrogen-bond acceptors (Lipinski definition) is 10. The highest BCUT2D eigenvalue weighted by atomic mass is 16.5. The second kappa shape index (κ2) is 10.3. The van der Waals surface area contributed by atoms with Crippen LogP contribution in [0.1, 0.15) is 46.0 Å². The highest BCUT2D eigenvalue weighted by Crippen LogP contribution is 2.32. The smallest absolute Gasteiger partial charge is 0.339 e. The van der Waals surface area contributed by atoms with Crippen LogP contribution in [0.2, 0.25) is 0 Å². The van der Waals surface area contributed by atoms with Gasteiger partial charge in [0.05, 0.1) is 31.2 Å². The van der Waals surface area contributed by atoms with Gasteiger partial charge in [-0.05, 0) is 26.7 Å². The molecule has 1 fully saturated rings. The molecule has 2 rings (SSSR count). The van der Waals surface area contributed by atoms with Gasteiger partial charge in [-0.3, -0.25) is 9.59 Å². The van der Waals surface area contributed by atoms with Crippen LogP contribution >= 0.6 is 0 Å². The van der Waals surface area contributed by atoms with Crippen molar-refractivity contribution >= 4 is 17.7 Å². The Morgan fingerprint density at radius 1 is 1.29 bits per heavy atom. The maximum atomic E-state index is 12.5. The molecule has 2 heterocycles. The molecule has 0 radical (unpaired) electrons. The molecule has 1 saturated heterocycles. The summed E-state index contributed by atoms with van der Waals surface area (Å²) in [4.78, 5) is 36.5. The molecule has 31 heavy (non-hydrogen) atoms. The first-order valence-electron chi connectivity index (χ1n) is 10.1. The first-order chi connectivity index (χ1) is 14.6. The van der Waals surface area contributed by atoms with Gasteiger partial charge in [0.1, 0.15) is 12.2 Å². The Morgan fingerprint density at radius 3 is 2.52 bits per heavy atom. The lowest BCUT2D eigenvalue weighted by molar-refractivity contribution is -0.231. The minimum absolute atomic E-state index is 0.0424. The number of carbonyl (C=O) groups is 3. The molecule has 1 aliphatic rings. The third kappa shape index (κ3) is 5.26. The SMILES string of the molecule is CCOC(=O)C(CCc1cn([C@@H]2OC(CO)[C@@H](O)[C@H](O)C2C)nn1)(NC(C)=O)C(C)=O. The second-order valence-electron chi connectivity index (χ2n) is 7.64. The van der Waals surface area contributed by atoms with Crippen LogP contribution in [-0.4, -0.2) is 85.0 Å². The zero-order valence-electron chi connectivity index (χ0n) is 18.0. The van der Waals surface area contributed by atoms with Crippen LogP contribution in [-0.2, 0) is 30.3 Å². The van der Waals surface area contributed by atoms with Crippen molar-refractivity contribution in [2.24, 2.45) is 5.92 Å². The molecule has 12 heteroatoms. The van der Waals surface area contributed by atoms with E-state index in [9.17, 15) is 29.7 Å². The first-order valence-corrected chi connectivity index (χ1v) is 10.1. The number of aromatic nitrogens is 3. The predicted molar refractivity (Wildman–Crippen MR) is 104 cm³/mol. The lowest BCUT2D eigenvalue weighted by Gasteiger charge is -2.40. The number of Topliss-reactive ketones (excluding diaryl/α,β-unsaturated/α-hetero) is 1. The number of aliphatic hydroxyl groups excluding tert-OH is 3. The number of carbonyl (C=O) groups excluding carboxylic acids is 3. The number of rotatable bonds is 9. The molecule has 3 unspecified atom stereocenters. The van der Waals surface area contributed by atoms with Gasteiger partial charge in [0, 0.05) is 12.8 Å². The molecule has 1 amide bonds. The largest absolute Gasteiger partial charge is 0.464 e. The molecule has 174 valence electrons. The molecule has 0 saturated carbocycles. The Kier molecular flexibility index (Phi) is 8.23. The summed E-state index contributed by atoms with van der Waals surface area (Å²) in [5.74, 6) is -2.53. The van der Waals surface area contributed by atoms with Crippen molar-refractivity contribution in [1.82, 2.24) is 20.3 Å². The van der Waals surface area contributed by atoms with E-state index in [1.165, 1.54) is 24.7 Å². The van der Waals surface area contributed by atoms with E-state index < -0.39 is 60.3 Å². The Labute approximate surface area is 179 Å². The molecule has 0 bridgehead atoms.